The number of rotatable bonds is 6. The van der Waals surface area contributed by atoms with Gasteiger partial charge in [0.25, 0.3) is 5.56 Å². The van der Waals surface area contributed by atoms with E-state index in [0.717, 1.165) is 17.8 Å². The van der Waals surface area contributed by atoms with Gasteiger partial charge in [-0.2, -0.15) is 0 Å². The first-order chi connectivity index (χ1) is 12.4. The summed E-state index contributed by atoms with van der Waals surface area (Å²) in [6.07, 6.45) is 1.33. The zero-order valence-corrected chi connectivity index (χ0v) is 14.7. The van der Waals surface area contributed by atoms with Crippen LogP contribution in [0.1, 0.15) is 45.4 Å². The van der Waals surface area contributed by atoms with Crippen LogP contribution >= 0.6 is 11.3 Å². The molecule has 0 amide bonds. The van der Waals surface area contributed by atoms with Crippen LogP contribution in [0.25, 0.3) is 10.2 Å². The van der Waals surface area contributed by atoms with Crippen molar-refractivity contribution in [2.45, 2.75) is 26.3 Å². The van der Waals surface area contributed by atoms with Crippen LogP contribution in [-0.4, -0.2) is 31.7 Å². The second-order valence-corrected chi connectivity index (χ2v) is 6.67. The minimum Gasteiger partial charge on any atom is -0.478 e. The molecular formula is C18H16N2O5S. The molecule has 0 bridgehead atoms. The monoisotopic (exact) mass is 372 g/mol. The molecular weight excluding hydrogens is 356 g/mol. The number of carboxylic acids is 2. The molecule has 1 aromatic carbocycles. The average Bonchev–Trinajstić information content (AvgIpc) is 3.03. The summed E-state index contributed by atoms with van der Waals surface area (Å²) in [5, 5.41) is 20.0. The van der Waals surface area contributed by atoms with Gasteiger partial charge in [0.15, 0.2) is 0 Å². The predicted octanol–water partition coefficient (Wildman–Crippen LogP) is 2.86. The first kappa shape index (κ1) is 17.8. The number of carbonyl (C=O) groups is 2. The molecule has 26 heavy (non-hydrogen) atoms. The summed E-state index contributed by atoms with van der Waals surface area (Å²) in [5.74, 6) is -1.66. The van der Waals surface area contributed by atoms with Gasteiger partial charge in [-0.05, 0) is 24.1 Å². The molecule has 0 aliphatic rings. The predicted molar refractivity (Wildman–Crippen MR) is 97.3 cm³/mol. The van der Waals surface area contributed by atoms with E-state index < -0.39 is 17.5 Å². The zero-order valence-electron chi connectivity index (χ0n) is 13.9. The second kappa shape index (κ2) is 7.09. The first-order valence-electron chi connectivity index (χ1n) is 7.98. The number of carboxylic acid groups (broad SMARTS) is 2. The van der Waals surface area contributed by atoms with Crippen LogP contribution in [0, 0.1) is 0 Å². The fraction of sp³-hybridized carbons (Fsp3) is 0.222. The van der Waals surface area contributed by atoms with Gasteiger partial charge in [0.05, 0.1) is 23.1 Å². The Bertz CT molecular complexity index is 1070. The van der Waals surface area contributed by atoms with Crippen LogP contribution in [0.2, 0.25) is 0 Å². The molecule has 0 aliphatic heterocycles. The summed E-state index contributed by atoms with van der Waals surface area (Å²) in [5.41, 5.74) is 0.289. The Balaban J connectivity index is 2.18. The van der Waals surface area contributed by atoms with Crippen LogP contribution in [-0.2, 0) is 13.0 Å². The van der Waals surface area contributed by atoms with E-state index in [1.54, 1.807) is 12.1 Å². The lowest BCUT2D eigenvalue weighted by molar-refractivity contribution is 0.0687. The maximum atomic E-state index is 13.0. The Morgan fingerprint density at radius 2 is 2.00 bits per heavy atom. The number of aromatic carboxylic acids is 2. The van der Waals surface area contributed by atoms with E-state index in [-0.39, 0.29) is 23.1 Å². The van der Waals surface area contributed by atoms with Gasteiger partial charge in [0, 0.05) is 11.8 Å². The maximum absolute atomic E-state index is 13.0. The van der Waals surface area contributed by atoms with Gasteiger partial charge >= 0.3 is 11.9 Å². The quantitative estimate of drug-likeness (QED) is 0.688. The molecule has 3 rings (SSSR count). The van der Waals surface area contributed by atoms with Crippen molar-refractivity contribution < 1.29 is 19.8 Å². The molecule has 7 nitrogen and oxygen atoms in total. The van der Waals surface area contributed by atoms with Crippen molar-refractivity contribution >= 4 is 33.5 Å². The van der Waals surface area contributed by atoms with Crippen LogP contribution in [0.4, 0.5) is 0 Å². The van der Waals surface area contributed by atoms with E-state index in [9.17, 15) is 19.5 Å². The Morgan fingerprint density at radius 3 is 2.65 bits per heavy atom. The van der Waals surface area contributed by atoms with Gasteiger partial charge < -0.3 is 10.2 Å². The van der Waals surface area contributed by atoms with Crippen LogP contribution in [0.3, 0.4) is 0 Å². The molecule has 0 atom stereocenters. The van der Waals surface area contributed by atoms with E-state index in [4.69, 9.17) is 5.11 Å². The molecule has 0 saturated carbocycles. The van der Waals surface area contributed by atoms with Gasteiger partial charge in [-0.1, -0.05) is 19.1 Å². The van der Waals surface area contributed by atoms with E-state index in [1.165, 1.54) is 22.1 Å². The van der Waals surface area contributed by atoms with Crippen LogP contribution in [0.5, 0.6) is 0 Å². The summed E-state index contributed by atoms with van der Waals surface area (Å²) in [6.45, 7) is 2.09. The fourth-order valence-corrected chi connectivity index (χ4v) is 3.71. The number of thiophene rings is 1. The highest BCUT2D eigenvalue weighted by atomic mass is 32.1. The fourth-order valence-electron chi connectivity index (χ4n) is 2.79. The van der Waals surface area contributed by atoms with Crippen LogP contribution in [0.15, 0.2) is 34.4 Å². The lowest BCUT2D eigenvalue weighted by Crippen LogP contribution is -2.26. The molecule has 0 aliphatic carbocycles. The average molecular weight is 372 g/mol. The first-order valence-corrected chi connectivity index (χ1v) is 8.86. The Labute approximate surface area is 152 Å². The van der Waals surface area contributed by atoms with Crippen molar-refractivity contribution in [1.82, 2.24) is 9.55 Å². The molecule has 0 unspecified atom stereocenters. The summed E-state index contributed by atoms with van der Waals surface area (Å²) in [6, 6.07) is 6.32. The molecule has 2 aromatic heterocycles. The lowest BCUT2D eigenvalue weighted by atomic mass is 10.1. The number of benzene rings is 1. The molecule has 0 spiro atoms. The molecule has 0 saturated heterocycles. The van der Waals surface area contributed by atoms with Gasteiger partial charge in [-0.25, -0.2) is 14.6 Å². The van der Waals surface area contributed by atoms with Crippen molar-refractivity contribution in [1.29, 1.82) is 0 Å². The van der Waals surface area contributed by atoms with Gasteiger partial charge in [0.1, 0.15) is 10.7 Å². The highest BCUT2D eigenvalue weighted by molar-refractivity contribution is 7.17. The number of hydrogen-bond donors (Lipinski definition) is 2. The summed E-state index contributed by atoms with van der Waals surface area (Å²) in [4.78, 5) is 40.4. The standard InChI is InChI=1S/C18H16N2O5S/c1-2-4-13-19-15-14(12(9-26-15)18(24)25)16(21)20(13)8-10-5-3-6-11(7-10)17(22)23/h3,5-7,9H,2,4,8H2,1H3,(H,22,23)(H,24,25). The summed E-state index contributed by atoms with van der Waals surface area (Å²) < 4.78 is 1.44. The highest BCUT2D eigenvalue weighted by Crippen LogP contribution is 2.22. The minimum atomic E-state index is -1.17. The van der Waals surface area contributed by atoms with Crippen molar-refractivity contribution in [2.75, 3.05) is 0 Å². The van der Waals surface area contributed by atoms with Crippen molar-refractivity contribution in [3.8, 4) is 0 Å². The van der Waals surface area contributed by atoms with Gasteiger partial charge in [-0.3, -0.25) is 9.36 Å². The third-order valence-electron chi connectivity index (χ3n) is 3.99. The third-order valence-corrected chi connectivity index (χ3v) is 4.86. The largest absolute Gasteiger partial charge is 0.478 e. The van der Waals surface area contributed by atoms with E-state index >= 15 is 0 Å². The molecule has 0 radical (unpaired) electrons. The summed E-state index contributed by atoms with van der Waals surface area (Å²) >= 11 is 1.13. The molecule has 2 heterocycles. The molecule has 134 valence electrons. The molecule has 3 aromatic rings. The molecule has 0 fully saturated rings. The van der Waals surface area contributed by atoms with E-state index in [1.807, 2.05) is 6.92 Å². The summed E-state index contributed by atoms with van der Waals surface area (Å²) in [7, 11) is 0. The van der Waals surface area contributed by atoms with Crippen molar-refractivity contribution in [3.63, 3.8) is 0 Å². The van der Waals surface area contributed by atoms with Crippen LogP contribution < -0.4 is 5.56 Å². The number of nitrogens with zero attached hydrogens (tertiary/aromatic N) is 2. The lowest BCUT2D eigenvalue weighted by Gasteiger charge is -2.12. The number of fused-ring (bicyclic) bond motifs is 1. The number of hydrogen-bond acceptors (Lipinski definition) is 5. The zero-order chi connectivity index (χ0) is 18.8. The van der Waals surface area contributed by atoms with Crippen molar-refractivity contribution in [3.05, 3.63) is 62.5 Å². The Kier molecular flexibility index (Phi) is 4.85. The Hall–Kier alpha value is -3.00. The number of aryl methyl sites for hydroxylation is 1. The number of aromatic nitrogens is 2. The maximum Gasteiger partial charge on any atom is 0.337 e. The Morgan fingerprint density at radius 1 is 1.23 bits per heavy atom. The van der Waals surface area contributed by atoms with Crippen molar-refractivity contribution in [2.24, 2.45) is 0 Å². The van der Waals surface area contributed by atoms with Gasteiger partial charge in [0.2, 0.25) is 0 Å². The van der Waals surface area contributed by atoms with Gasteiger partial charge in [-0.15, -0.1) is 11.3 Å². The van der Waals surface area contributed by atoms with E-state index in [0.29, 0.717) is 22.6 Å². The smallest absolute Gasteiger partial charge is 0.337 e. The molecule has 2 N–H and O–H groups in total. The SMILES string of the molecule is CCCc1nc2scc(C(=O)O)c2c(=O)n1Cc1cccc(C(=O)O)c1. The third kappa shape index (κ3) is 3.23. The topological polar surface area (TPSA) is 109 Å². The second-order valence-electron chi connectivity index (χ2n) is 5.81. The minimum absolute atomic E-state index is 0.0569. The highest BCUT2D eigenvalue weighted by Gasteiger charge is 2.19. The normalized spacial score (nSPS) is 11.0. The molecule has 8 heteroatoms. The van der Waals surface area contributed by atoms with E-state index in [2.05, 4.69) is 4.98 Å².